The van der Waals surface area contributed by atoms with E-state index in [2.05, 4.69) is 5.32 Å². The predicted octanol–water partition coefficient (Wildman–Crippen LogP) is 1.63. The van der Waals surface area contributed by atoms with Crippen molar-refractivity contribution in [2.24, 2.45) is 0 Å². The average Bonchev–Trinajstić information content (AvgIpc) is 2.54. The van der Waals surface area contributed by atoms with Gasteiger partial charge in [0.05, 0.1) is 11.4 Å². The zero-order chi connectivity index (χ0) is 13.9. The van der Waals surface area contributed by atoms with Gasteiger partial charge in [0.2, 0.25) is 0 Å². The second-order valence-electron chi connectivity index (χ2n) is 6.29. The lowest BCUT2D eigenvalue weighted by molar-refractivity contribution is 0.110. The topological polar surface area (TPSA) is 66.4 Å². The Bertz CT molecular complexity index is 382. The molecule has 2 saturated carbocycles. The number of aliphatic hydroxyl groups is 1. The SMILES string of the molecule is CS(=O)(=O)C1CCCC(NC2CCCCCC2O)C1. The Morgan fingerprint density at radius 1 is 1.00 bits per heavy atom. The number of hydrogen-bond acceptors (Lipinski definition) is 4. The third-order valence-corrected chi connectivity index (χ3v) is 6.30. The van der Waals surface area contributed by atoms with E-state index in [0.29, 0.717) is 6.42 Å². The van der Waals surface area contributed by atoms with Crippen LogP contribution in [0.1, 0.15) is 57.8 Å². The first kappa shape index (κ1) is 15.3. The molecule has 0 bridgehead atoms. The van der Waals surface area contributed by atoms with Gasteiger partial charge in [0, 0.05) is 18.3 Å². The zero-order valence-corrected chi connectivity index (χ0v) is 12.7. The van der Waals surface area contributed by atoms with Gasteiger partial charge < -0.3 is 10.4 Å². The van der Waals surface area contributed by atoms with Crippen molar-refractivity contribution in [3.05, 3.63) is 0 Å². The molecule has 0 aromatic carbocycles. The van der Waals surface area contributed by atoms with Crippen LogP contribution in [0.25, 0.3) is 0 Å². The third-order valence-electron chi connectivity index (χ3n) is 4.66. The molecule has 2 rings (SSSR count). The molecule has 2 aliphatic rings. The van der Waals surface area contributed by atoms with E-state index in [1.807, 2.05) is 0 Å². The first-order chi connectivity index (χ1) is 8.97. The van der Waals surface area contributed by atoms with E-state index >= 15 is 0 Å². The molecule has 0 radical (unpaired) electrons. The van der Waals surface area contributed by atoms with Crippen molar-refractivity contribution < 1.29 is 13.5 Å². The second kappa shape index (κ2) is 6.55. The number of sulfone groups is 1. The summed E-state index contributed by atoms with van der Waals surface area (Å²) in [5.41, 5.74) is 0. The Balaban J connectivity index is 1.91. The summed E-state index contributed by atoms with van der Waals surface area (Å²) < 4.78 is 23.3. The summed E-state index contributed by atoms with van der Waals surface area (Å²) in [5.74, 6) is 0. The Morgan fingerprint density at radius 3 is 2.47 bits per heavy atom. The van der Waals surface area contributed by atoms with Crippen molar-refractivity contribution in [2.45, 2.75) is 81.2 Å². The second-order valence-corrected chi connectivity index (χ2v) is 8.62. The molecule has 0 aromatic heterocycles. The Morgan fingerprint density at radius 2 is 1.74 bits per heavy atom. The minimum absolute atomic E-state index is 0.158. The minimum Gasteiger partial charge on any atom is -0.392 e. The van der Waals surface area contributed by atoms with Crippen molar-refractivity contribution >= 4 is 9.84 Å². The van der Waals surface area contributed by atoms with E-state index in [1.165, 1.54) is 12.7 Å². The summed E-state index contributed by atoms with van der Waals surface area (Å²) in [6.45, 7) is 0. The normalized spacial score (nSPS) is 37.8. The van der Waals surface area contributed by atoms with Gasteiger partial charge in [-0.2, -0.15) is 0 Å². The summed E-state index contributed by atoms with van der Waals surface area (Å²) in [6.07, 6.45) is 9.96. The van der Waals surface area contributed by atoms with Gasteiger partial charge in [-0.25, -0.2) is 8.42 Å². The molecule has 2 aliphatic carbocycles. The standard InChI is InChI=1S/C14H27NO3S/c1-19(17,18)12-7-5-6-11(10-12)15-13-8-3-2-4-9-14(13)16/h11-16H,2-10H2,1H3. The zero-order valence-electron chi connectivity index (χ0n) is 11.8. The fourth-order valence-corrected chi connectivity index (χ4v) is 4.65. The van der Waals surface area contributed by atoms with Crippen LogP contribution in [0.2, 0.25) is 0 Å². The largest absolute Gasteiger partial charge is 0.392 e. The van der Waals surface area contributed by atoms with Crippen LogP contribution in [0, 0.1) is 0 Å². The lowest BCUT2D eigenvalue weighted by atomic mass is 9.93. The monoisotopic (exact) mass is 289 g/mol. The van der Waals surface area contributed by atoms with Crippen molar-refractivity contribution in [1.82, 2.24) is 5.32 Å². The van der Waals surface area contributed by atoms with E-state index in [0.717, 1.165) is 44.9 Å². The van der Waals surface area contributed by atoms with Gasteiger partial charge in [-0.1, -0.05) is 25.7 Å². The molecule has 19 heavy (non-hydrogen) atoms. The van der Waals surface area contributed by atoms with Crippen molar-refractivity contribution in [2.75, 3.05) is 6.26 Å². The molecule has 0 amide bonds. The quantitative estimate of drug-likeness (QED) is 0.775. The maximum absolute atomic E-state index is 11.7. The van der Waals surface area contributed by atoms with Gasteiger partial charge >= 0.3 is 0 Å². The first-order valence-corrected chi connectivity index (χ1v) is 9.55. The number of hydrogen-bond donors (Lipinski definition) is 2. The lowest BCUT2D eigenvalue weighted by Crippen LogP contribution is -2.48. The fraction of sp³-hybridized carbons (Fsp3) is 1.00. The summed E-state index contributed by atoms with van der Waals surface area (Å²) in [7, 11) is -2.92. The molecule has 0 aliphatic heterocycles. The summed E-state index contributed by atoms with van der Waals surface area (Å²) in [4.78, 5) is 0. The molecule has 2 fully saturated rings. The van der Waals surface area contributed by atoms with Crippen LogP contribution in [0.4, 0.5) is 0 Å². The smallest absolute Gasteiger partial charge is 0.150 e. The van der Waals surface area contributed by atoms with E-state index < -0.39 is 9.84 Å². The molecule has 4 atom stereocenters. The summed E-state index contributed by atoms with van der Waals surface area (Å²) >= 11 is 0. The first-order valence-electron chi connectivity index (χ1n) is 7.60. The van der Waals surface area contributed by atoms with Gasteiger partial charge in [0.15, 0.2) is 0 Å². The van der Waals surface area contributed by atoms with Crippen LogP contribution >= 0.6 is 0 Å². The number of rotatable bonds is 3. The minimum atomic E-state index is -2.92. The van der Waals surface area contributed by atoms with Gasteiger partial charge in [-0.15, -0.1) is 0 Å². The van der Waals surface area contributed by atoms with Gasteiger partial charge in [-0.05, 0) is 32.1 Å². The maximum atomic E-state index is 11.7. The molecular weight excluding hydrogens is 262 g/mol. The van der Waals surface area contributed by atoms with Crippen LogP contribution in [0.15, 0.2) is 0 Å². The van der Waals surface area contributed by atoms with E-state index in [-0.39, 0.29) is 23.4 Å². The van der Waals surface area contributed by atoms with Crippen LogP contribution < -0.4 is 5.32 Å². The van der Waals surface area contributed by atoms with Crippen LogP contribution in [-0.4, -0.2) is 43.2 Å². The molecule has 0 aromatic rings. The highest BCUT2D eigenvalue weighted by Gasteiger charge is 2.31. The molecule has 4 nitrogen and oxygen atoms in total. The number of aliphatic hydroxyl groups excluding tert-OH is 1. The molecule has 5 heteroatoms. The molecule has 0 spiro atoms. The van der Waals surface area contributed by atoms with E-state index in [9.17, 15) is 13.5 Å². The fourth-order valence-electron chi connectivity index (χ4n) is 3.47. The number of nitrogens with one attached hydrogen (secondary N) is 1. The Kier molecular flexibility index (Phi) is 5.26. The molecule has 112 valence electrons. The van der Waals surface area contributed by atoms with Gasteiger partial charge in [0.1, 0.15) is 9.84 Å². The van der Waals surface area contributed by atoms with Crippen LogP contribution in [0.3, 0.4) is 0 Å². The summed E-state index contributed by atoms with van der Waals surface area (Å²) in [5, 5.41) is 13.5. The Hall–Kier alpha value is -0.130. The van der Waals surface area contributed by atoms with Crippen molar-refractivity contribution in [1.29, 1.82) is 0 Å². The van der Waals surface area contributed by atoms with Crippen LogP contribution in [0.5, 0.6) is 0 Å². The molecule has 2 N–H and O–H groups in total. The van der Waals surface area contributed by atoms with E-state index in [1.54, 1.807) is 0 Å². The van der Waals surface area contributed by atoms with Crippen molar-refractivity contribution in [3.8, 4) is 0 Å². The lowest BCUT2D eigenvalue weighted by Gasteiger charge is -2.33. The highest BCUT2D eigenvalue weighted by molar-refractivity contribution is 7.91. The van der Waals surface area contributed by atoms with Crippen LogP contribution in [-0.2, 0) is 9.84 Å². The summed E-state index contributed by atoms with van der Waals surface area (Å²) in [6, 6.07) is 0.414. The van der Waals surface area contributed by atoms with Gasteiger partial charge in [0.25, 0.3) is 0 Å². The average molecular weight is 289 g/mol. The highest BCUT2D eigenvalue weighted by Crippen LogP contribution is 2.26. The molecule has 4 unspecified atom stereocenters. The third kappa shape index (κ3) is 4.43. The molecular formula is C14H27NO3S. The highest BCUT2D eigenvalue weighted by atomic mass is 32.2. The van der Waals surface area contributed by atoms with E-state index in [4.69, 9.17) is 0 Å². The Labute approximate surface area is 116 Å². The molecule has 0 saturated heterocycles. The molecule has 0 heterocycles. The maximum Gasteiger partial charge on any atom is 0.150 e. The van der Waals surface area contributed by atoms with Gasteiger partial charge in [-0.3, -0.25) is 0 Å². The van der Waals surface area contributed by atoms with Crippen molar-refractivity contribution in [3.63, 3.8) is 0 Å². The predicted molar refractivity (Wildman–Crippen MR) is 76.9 cm³/mol.